The summed E-state index contributed by atoms with van der Waals surface area (Å²) >= 11 is 1.43. The van der Waals surface area contributed by atoms with Gasteiger partial charge in [-0.1, -0.05) is 13.0 Å². The average Bonchev–Trinajstić information content (AvgIpc) is 3.40. The molecule has 3 rings (SSSR count). The fraction of sp³-hybridized carbons (Fsp3) is 0.364. The molecule has 1 fully saturated rings. The maximum absolute atomic E-state index is 12.7. The fourth-order valence-electron chi connectivity index (χ4n) is 3.91. The van der Waals surface area contributed by atoms with Gasteiger partial charge < -0.3 is 15.4 Å². The number of aromatic nitrogens is 1. The Morgan fingerprint density at radius 2 is 2.23 bits per heavy atom. The number of hydrogen-bond donors (Lipinski definition) is 3. The first-order chi connectivity index (χ1) is 15.0. The van der Waals surface area contributed by atoms with Gasteiger partial charge in [-0.05, 0) is 25.8 Å². The number of nitrogens with one attached hydrogen (secondary N) is 3. The number of imide groups is 1. The van der Waals surface area contributed by atoms with E-state index in [2.05, 4.69) is 33.6 Å². The Labute approximate surface area is 185 Å². The number of hydrogen-bond acceptors (Lipinski definition) is 8. The van der Waals surface area contributed by atoms with Crippen LogP contribution in [0.4, 0.5) is 17.2 Å². The molecule has 3 N–H and O–H groups in total. The van der Waals surface area contributed by atoms with E-state index < -0.39 is 5.91 Å². The van der Waals surface area contributed by atoms with Gasteiger partial charge in [0.25, 0.3) is 0 Å². The summed E-state index contributed by atoms with van der Waals surface area (Å²) in [6.07, 6.45) is 4.97. The van der Waals surface area contributed by atoms with Gasteiger partial charge >= 0.3 is 0 Å². The highest BCUT2D eigenvalue weighted by Gasteiger charge is 2.38. The zero-order valence-corrected chi connectivity index (χ0v) is 18.3. The molecule has 0 aliphatic heterocycles. The molecule has 2 heterocycles. The molecule has 162 valence electrons. The summed E-state index contributed by atoms with van der Waals surface area (Å²) < 4.78 is 5.60. The van der Waals surface area contributed by atoms with Crippen LogP contribution in [-0.2, 0) is 9.59 Å². The first-order valence-corrected chi connectivity index (χ1v) is 10.9. The van der Waals surface area contributed by atoms with E-state index in [1.54, 1.807) is 13.2 Å². The van der Waals surface area contributed by atoms with Gasteiger partial charge in [0.1, 0.15) is 11.9 Å². The topological polar surface area (TPSA) is 116 Å². The molecule has 1 aliphatic carbocycles. The van der Waals surface area contributed by atoms with E-state index in [4.69, 9.17) is 4.74 Å². The van der Waals surface area contributed by atoms with Gasteiger partial charge in [0.05, 0.1) is 24.0 Å². The summed E-state index contributed by atoms with van der Waals surface area (Å²) in [5.41, 5.74) is 2.71. The SMILES string of the molecule is C=CC(=O)NC(=O)[C@H]1CCC[C@H]1c1c(Nc2cc(NCC)ncc2C#N)csc1OC. The second kappa shape index (κ2) is 10.1. The number of amides is 2. The molecule has 31 heavy (non-hydrogen) atoms. The maximum Gasteiger partial charge on any atom is 0.249 e. The number of nitriles is 1. The van der Waals surface area contributed by atoms with Gasteiger partial charge in [0.15, 0.2) is 5.06 Å². The third-order valence-corrected chi connectivity index (χ3v) is 6.24. The van der Waals surface area contributed by atoms with Crippen LogP contribution in [0.3, 0.4) is 0 Å². The van der Waals surface area contributed by atoms with Crippen LogP contribution in [0.2, 0.25) is 0 Å². The summed E-state index contributed by atoms with van der Waals surface area (Å²) in [4.78, 5) is 28.6. The van der Waals surface area contributed by atoms with Crippen molar-refractivity contribution in [2.45, 2.75) is 32.1 Å². The quantitative estimate of drug-likeness (QED) is 0.534. The van der Waals surface area contributed by atoms with Crippen molar-refractivity contribution in [3.05, 3.63) is 41.4 Å². The highest BCUT2D eigenvalue weighted by atomic mass is 32.1. The Morgan fingerprint density at radius 3 is 2.90 bits per heavy atom. The van der Waals surface area contributed by atoms with E-state index in [-0.39, 0.29) is 17.7 Å². The van der Waals surface area contributed by atoms with E-state index in [1.807, 2.05) is 12.3 Å². The van der Waals surface area contributed by atoms with Gasteiger partial charge in [-0.25, -0.2) is 4.98 Å². The molecule has 2 atom stereocenters. The molecule has 0 radical (unpaired) electrons. The standard InChI is InChI=1S/C22H25N5O3S/c1-4-19(28)27-21(29)15-8-6-7-14(15)20-17(12-31-22(20)30-3)26-16-9-18(24-5-2)25-11-13(16)10-23/h4,9,11-12,14-15H,1,5-8H2,2-3H3,(H2,24,25,26)(H,27,28,29)/t14-,15+/m1/s1. The summed E-state index contributed by atoms with van der Waals surface area (Å²) in [5, 5.41) is 21.0. The van der Waals surface area contributed by atoms with Crippen molar-refractivity contribution < 1.29 is 14.3 Å². The van der Waals surface area contributed by atoms with E-state index >= 15 is 0 Å². The molecule has 8 nitrogen and oxygen atoms in total. The van der Waals surface area contributed by atoms with Crippen LogP contribution < -0.4 is 20.7 Å². The molecule has 2 amide bonds. The average molecular weight is 440 g/mol. The molecule has 1 saturated carbocycles. The Balaban J connectivity index is 1.95. The lowest BCUT2D eigenvalue weighted by Crippen LogP contribution is -2.35. The first-order valence-electron chi connectivity index (χ1n) is 10.1. The lowest BCUT2D eigenvalue weighted by Gasteiger charge is -2.21. The van der Waals surface area contributed by atoms with Gasteiger partial charge in [-0.3, -0.25) is 14.9 Å². The number of nitrogens with zero attached hydrogens (tertiary/aromatic N) is 2. The smallest absolute Gasteiger partial charge is 0.249 e. The van der Waals surface area contributed by atoms with Gasteiger partial charge in [-0.2, -0.15) is 5.26 Å². The zero-order valence-electron chi connectivity index (χ0n) is 17.5. The minimum Gasteiger partial charge on any atom is -0.487 e. The summed E-state index contributed by atoms with van der Waals surface area (Å²) in [5.74, 6) is -0.603. The minimum atomic E-state index is -0.502. The lowest BCUT2D eigenvalue weighted by atomic mass is 9.88. The Hall–Kier alpha value is -3.38. The summed E-state index contributed by atoms with van der Waals surface area (Å²) in [7, 11) is 1.60. The van der Waals surface area contributed by atoms with Gasteiger partial charge in [0.2, 0.25) is 11.8 Å². The number of pyridine rings is 1. The molecule has 0 unspecified atom stereocenters. The van der Waals surface area contributed by atoms with Crippen LogP contribution in [0.1, 0.15) is 43.2 Å². The summed E-state index contributed by atoms with van der Waals surface area (Å²) in [6.45, 7) is 6.08. The number of thiophene rings is 1. The van der Waals surface area contributed by atoms with E-state index in [9.17, 15) is 14.9 Å². The minimum absolute atomic E-state index is 0.109. The first kappa shape index (κ1) is 22.3. The number of carbonyl (C=O) groups is 2. The largest absolute Gasteiger partial charge is 0.487 e. The number of carbonyl (C=O) groups excluding carboxylic acids is 2. The number of rotatable bonds is 8. The Morgan fingerprint density at radius 1 is 1.42 bits per heavy atom. The monoisotopic (exact) mass is 439 g/mol. The van der Waals surface area contributed by atoms with E-state index in [1.165, 1.54) is 17.5 Å². The second-order valence-electron chi connectivity index (χ2n) is 7.14. The lowest BCUT2D eigenvalue weighted by molar-refractivity contribution is -0.130. The van der Waals surface area contributed by atoms with Crippen LogP contribution >= 0.6 is 11.3 Å². The molecule has 2 aromatic rings. The number of anilines is 3. The van der Waals surface area contributed by atoms with Crippen molar-refractivity contribution in [2.24, 2.45) is 5.92 Å². The molecule has 0 bridgehead atoms. The van der Waals surface area contributed by atoms with Crippen molar-refractivity contribution in [1.82, 2.24) is 10.3 Å². The second-order valence-corrected chi connectivity index (χ2v) is 7.98. The molecular formula is C22H25N5O3S. The molecule has 0 aromatic carbocycles. The van der Waals surface area contributed by atoms with Crippen LogP contribution in [0.5, 0.6) is 5.06 Å². The zero-order chi connectivity index (χ0) is 22.4. The number of ether oxygens (including phenoxy) is 1. The van der Waals surface area contributed by atoms with E-state index in [0.29, 0.717) is 35.1 Å². The molecule has 0 saturated heterocycles. The Kier molecular flexibility index (Phi) is 7.26. The van der Waals surface area contributed by atoms with Crippen molar-refractivity contribution in [3.8, 4) is 11.1 Å². The normalized spacial score (nSPS) is 17.5. The highest BCUT2D eigenvalue weighted by Crippen LogP contribution is 2.50. The van der Waals surface area contributed by atoms with Crippen LogP contribution in [0.25, 0.3) is 0 Å². The third-order valence-electron chi connectivity index (χ3n) is 5.29. The van der Waals surface area contributed by atoms with Crippen LogP contribution in [0, 0.1) is 17.2 Å². The predicted molar refractivity (Wildman–Crippen MR) is 121 cm³/mol. The molecule has 0 spiro atoms. The van der Waals surface area contributed by atoms with Gasteiger partial charge in [0, 0.05) is 41.6 Å². The third kappa shape index (κ3) is 4.86. The number of methoxy groups -OCH3 is 1. The van der Waals surface area contributed by atoms with Crippen LogP contribution in [0.15, 0.2) is 30.3 Å². The van der Waals surface area contributed by atoms with Crippen molar-refractivity contribution in [2.75, 3.05) is 24.3 Å². The Bertz CT molecular complexity index is 1030. The van der Waals surface area contributed by atoms with Crippen LogP contribution in [-0.4, -0.2) is 30.5 Å². The van der Waals surface area contributed by atoms with Gasteiger partial charge in [-0.15, -0.1) is 11.3 Å². The van der Waals surface area contributed by atoms with Crippen molar-refractivity contribution in [3.63, 3.8) is 0 Å². The molecule has 9 heteroatoms. The predicted octanol–water partition coefficient (Wildman–Crippen LogP) is 3.91. The maximum atomic E-state index is 12.7. The summed E-state index contributed by atoms with van der Waals surface area (Å²) in [6, 6.07) is 3.95. The fourth-order valence-corrected chi connectivity index (χ4v) is 4.81. The molecular weight excluding hydrogens is 414 g/mol. The highest BCUT2D eigenvalue weighted by molar-refractivity contribution is 7.12. The van der Waals surface area contributed by atoms with Crippen molar-refractivity contribution >= 4 is 40.3 Å². The molecule has 1 aliphatic rings. The molecule has 2 aromatic heterocycles. The van der Waals surface area contributed by atoms with E-state index in [0.717, 1.165) is 30.2 Å². The van der Waals surface area contributed by atoms with Crippen molar-refractivity contribution in [1.29, 1.82) is 5.26 Å².